The van der Waals surface area contributed by atoms with Gasteiger partial charge < -0.3 is 10.1 Å². The zero-order valence-electron chi connectivity index (χ0n) is 11.9. The number of halogens is 1. The Labute approximate surface area is 134 Å². The molecule has 0 fully saturated rings. The first-order valence-electron chi connectivity index (χ1n) is 6.81. The molecule has 3 rings (SSSR count). The lowest BCUT2D eigenvalue weighted by Crippen LogP contribution is -2.28. The van der Waals surface area contributed by atoms with Crippen LogP contribution >= 0.6 is 11.3 Å². The van der Waals surface area contributed by atoms with Gasteiger partial charge in [-0.2, -0.15) is 5.26 Å². The fourth-order valence-electron chi connectivity index (χ4n) is 2.06. The van der Waals surface area contributed by atoms with Gasteiger partial charge in [0.25, 0.3) is 0 Å². The van der Waals surface area contributed by atoms with E-state index in [0.717, 1.165) is 15.2 Å². The van der Waals surface area contributed by atoms with Crippen LogP contribution in [0.4, 0.5) is 4.39 Å². The SMILES string of the molecule is N#CCNC(=O)CC1=NNC(Cc2nc3ccc(F)cc3s2)O1. The standard InChI is InChI=1S/C14H12FN5O2S/c15-8-1-2-9-10(5-8)23-14(18-9)7-13-20-19-12(22-13)6-11(21)17-4-3-16/h1-2,5,13,20H,4,6-7H2,(H,17,21). The number of hydrogen-bond donors (Lipinski definition) is 2. The Morgan fingerprint density at radius 3 is 3.26 bits per heavy atom. The number of carbonyl (C=O) groups excluding carboxylic acids is 1. The van der Waals surface area contributed by atoms with E-state index in [2.05, 4.69) is 20.8 Å². The van der Waals surface area contributed by atoms with Gasteiger partial charge in [0.05, 0.1) is 27.7 Å². The van der Waals surface area contributed by atoms with E-state index in [0.29, 0.717) is 6.42 Å². The van der Waals surface area contributed by atoms with Gasteiger partial charge in [-0.3, -0.25) is 10.2 Å². The van der Waals surface area contributed by atoms with Gasteiger partial charge in [0.15, 0.2) is 6.23 Å². The summed E-state index contributed by atoms with van der Waals surface area (Å²) in [6, 6.07) is 6.27. The zero-order valence-corrected chi connectivity index (χ0v) is 12.7. The molecule has 2 heterocycles. The van der Waals surface area contributed by atoms with Crippen LogP contribution in [0.25, 0.3) is 10.2 Å². The molecule has 7 nitrogen and oxygen atoms in total. The molecule has 1 aliphatic heterocycles. The average molecular weight is 333 g/mol. The van der Waals surface area contributed by atoms with Gasteiger partial charge in [-0.15, -0.1) is 16.4 Å². The molecule has 0 aliphatic carbocycles. The summed E-state index contributed by atoms with van der Waals surface area (Å²) < 4.78 is 19.5. The number of hydrazone groups is 1. The summed E-state index contributed by atoms with van der Waals surface area (Å²) in [7, 11) is 0. The van der Waals surface area contributed by atoms with Gasteiger partial charge in [-0.05, 0) is 18.2 Å². The normalized spacial score (nSPS) is 16.3. The minimum absolute atomic E-state index is 0.0315. The molecule has 1 aromatic carbocycles. The maximum atomic E-state index is 13.2. The quantitative estimate of drug-likeness (QED) is 0.803. The first kappa shape index (κ1) is 15.2. The highest BCUT2D eigenvalue weighted by Gasteiger charge is 2.23. The lowest BCUT2D eigenvalue weighted by Gasteiger charge is -2.08. The number of aromatic nitrogens is 1. The van der Waals surface area contributed by atoms with Crippen LogP contribution < -0.4 is 10.7 Å². The summed E-state index contributed by atoms with van der Waals surface area (Å²) in [6.07, 6.45) is 0.00322. The van der Waals surface area contributed by atoms with Crippen LogP contribution in [0.2, 0.25) is 0 Å². The first-order chi connectivity index (χ1) is 11.1. The minimum Gasteiger partial charge on any atom is -0.454 e. The van der Waals surface area contributed by atoms with Gasteiger partial charge in [0.1, 0.15) is 18.8 Å². The van der Waals surface area contributed by atoms with Crippen LogP contribution in [0, 0.1) is 17.1 Å². The summed E-state index contributed by atoms with van der Waals surface area (Å²) in [5.41, 5.74) is 3.52. The number of carbonyl (C=O) groups is 1. The van der Waals surface area contributed by atoms with Crippen LogP contribution in [-0.4, -0.2) is 29.6 Å². The Bertz CT molecular complexity index is 813. The largest absolute Gasteiger partial charge is 0.454 e. The second-order valence-corrected chi connectivity index (χ2v) is 5.89. The Hall–Kier alpha value is -2.73. The summed E-state index contributed by atoms with van der Waals surface area (Å²) in [5.74, 6) is -0.363. The van der Waals surface area contributed by atoms with Crippen molar-refractivity contribution in [2.45, 2.75) is 19.1 Å². The number of fused-ring (bicyclic) bond motifs is 1. The molecular weight excluding hydrogens is 321 g/mol. The zero-order chi connectivity index (χ0) is 16.2. The predicted octanol–water partition coefficient (Wildman–Crippen LogP) is 1.27. The van der Waals surface area contributed by atoms with Gasteiger partial charge in [0, 0.05) is 0 Å². The highest BCUT2D eigenvalue weighted by Crippen LogP contribution is 2.24. The average Bonchev–Trinajstić information content (AvgIpc) is 3.11. The van der Waals surface area contributed by atoms with Crippen LogP contribution in [0.1, 0.15) is 11.4 Å². The number of nitrogens with zero attached hydrogens (tertiary/aromatic N) is 3. The number of rotatable bonds is 5. The molecule has 23 heavy (non-hydrogen) atoms. The molecule has 0 bridgehead atoms. The molecule has 0 saturated carbocycles. The van der Waals surface area contributed by atoms with Crippen LogP contribution in [0.15, 0.2) is 23.3 Å². The molecule has 1 amide bonds. The fourth-order valence-corrected chi connectivity index (χ4v) is 3.08. The molecule has 2 aromatic rings. The van der Waals surface area contributed by atoms with E-state index in [4.69, 9.17) is 10.00 Å². The Morgan fingerprint density at radius 1 is 1.57 bits per heavy atom. The molecule has 118 valence electrons. The fraction of sp³-hybridized carbons (Fsp3) is 0.286. The van der Waals surface area contributed by atoms with E-state index < -0.39 is 6.23 Å². The third kappa shape index (κ3) is 3.73. The lowest BCUT2D eigenvalue weighted by molar-refractivity contribution is -0.119. The molecular formula is C14H12FN5O2S. The molecule has 0 radical (unpaired) electrons. The van der Waals surface area contributed by atoms with Gasteiger partial charge in [-0.25, -0.2) is 9.37 Å². The van der Waals surface area contributed by atoms with Gasteiger partial charge >= 0.3 is 0 Å². The second-order valence-electron chi connectivity index (χ2n) is 4.78. The van der Waals surface area contributed by atoms with Crippen LogP contribution in [-0.2, 0) is 16.0 Å². The summed E-state index contributed by atoms with van der Waals surface area (Å²) >= 11 is 1.39. The molecule has 9 heteroatoms. The van der Waals surface area contributed by atoms with Crippen molar-refractivity contribution < 1.29 is 13.9 Å². The maximum absolute atomic E-state index is 13.2. The van der Waals surface area contributed by atoms with Crippen molar-refractivity contribution in [3.63, 3.8) is 0 Å². The second kappa shape index (κ2) is 6.58. The number of ether oxygens (including phenoxy) is 1. The van der Waals surface area contributed by atoms with Crippen molar-refractivity contribution in [2.24, 2.45) is 5.10 Å². The van der Waals surface area contributed by atoms with E-state index in [-0.39, 0.29) is 30.6 Å². The summed E-state index contributed by atoms with van der Waals surface area (Å²) in [4.78, 5) is 15.9. The van der Waals surface area contributed by atoms with Crippen molar-refractivity contribution in [2.75, 3.05) is 6.54 Å². The van der Waals surface area contributed by atoms with Crippen molar-refractivity contribution >= 4 is 33.4 Å². The van der Waals surface area contributed by atoms with Crippen LogP contribution in [0.5, 0.6) is 0 Å². The first-order valence-corrected chi connectivity index (χ1v) is 7.63. The number of nitrogens with one attached hydrogen (secondary N) is 2. The summed E-state index contributed by atoms with van der Waals surface area (Å²) in [6.45, 7) is -0.0504. The highest BCUT2D eigenvalue weighted by molar-refractivity contribution is 7.18. The summed E-state index contributed by atoms with van der Waals surface area (Å²) in [5, 5.41) is 15.5. The molecule has 1 aromatic heterocycles. The Kier molecular flexibility index (Phi) is 4.34. The third-order valence-corrected chi connectivity index (χ3v) is 4.08. The van der Waals surface area contributed by atoms with Crippen molar-refractivity contribution in [1.29, 1.82) is 5.26 Å². The molecule has 1 unspecified atom stereocenters. The van der Waals surface area contributed by atoms with Crippen molar-refractivity contribution in [3.05, 3.63) is 29.0 Å². The Morgan fingerprint density at radius 2 is 2.43 bits per heavy atom. The maximum Gasteiger partial charge on any atom is 0.230 e. The number of nitriles is 1. The third-order valence-electron chi connectivity index (χ3n) is 3.04. The minimum atomic E-state index is -0.417. The monoisotopic (exact) mass is 333 g/mol. The molecule has 0 saturated heterocycles. The van der Waals surface area contributed by atoms with Crippen LogP contribution in [0.3, 0.4) is 0 Å². The van der Waals surface area contributed by atoms with E-state index in [1.807, 2.05) is 6.07 Å². The van der Waals surface area contributed by atoms with E-state index in [1.54, 1.807) is 6.07 Å². The van der Waals surface area contributed by atoms with Gasteiger partial charge in [-0.1, -0.05) is 0 Å². The Balaban J connectivity index is 1.56. The van der Waals surface area contributed by atoms with Crippen molar-refractivity contribution in [1.82, 2.24) is 15.7 Å². The smallest absolute Gasteiger partial charge is 0.230 e. The highest BCUT2D eigenvalue weighted by atomic mass is 32.1. The predicted molar refractivity (Wildman–Crippen MR) is 82.0 cm³/mol. The topological polar surface area (TPSA) is 99.4 Å². The van der Waals surface area contributed by atoms with E-state index >= 15 is 0 Å². The van der Waals surface area contributed by atoms with Gasteiger partial charge in [0.2, 0.25) is 11.8 Å². The van der Waals surface area contributed by atoms with E-state index in [9.17, 15) is 9.18 Å². The molecule has 1 atom stereocenters. The molecule has 0 spiro atoms. The lowest BCUT2D eigenvalue weighted by atomic mass is 10.3. The molecule has 2 N–H and O–H groups in total. The number of benzene rings is 1. The van der Waals surface area contributed by atoms with E-state index in [1.165, 1.54) is 23.5 Å². The van der Waals surface area contributed by atoms with Crippen molar-refractivity contribution in [3.8, 4) is 6.07 Å². The molecule has 1 aliphatic rings. The number of hydrogen-bond acceptors (Lipinski definition) is 7. The number of amides is 1. The number of thiazole rings is 1.